The second-order valence-corrected chi connectivity index (χ2v) is 6.58. The molecule has 2 heterocycles. The highest BCUT2D eigenvalue weighted by Crippen LogP contribution is 2.36. The lowest BCUT2D eigenvalue weighted by atomic mass is 9.83. The van der Waals surface area contributed by atoms with E-state index in [-0.39, 0.29) is 30.7 Å². The predicted molar refractivity (Wildman–Crippen MR) is 83.6 cm³/mol. The highest BCUT2D eigenvalue weighted by atomic mass is 16.5. The minimum atomic E-state index is -0.559. The van der Waals surface area contributed by atoms with E-state index in [1.165, 1.54) is 0 Å². The number of carbonyl (C=O) groups is 1. The Hall–Kier alpha value is -1.66. The van der Waals surface area contributed by atoms with Crippen LogP contribution in [-0.2, 0) is 4.74 Å². The number of aliphatic hydroxyl groups excluding tert-OH is 1. The number of nitrogens with zero attached hydrogens (tertiary/aromatic N) is 1. The highest BCUT2D eigenvalue weighted by molar-refractivity contribution is 5.95. The molecule has 6 nitrogen and oxygen atoms in total. The molecule has 2 aliphatic rings. The van der Waals surface area contributed by atoms with Crippen LogP contribution in [0.4, 0.5) is 0 Å². The number of amides is 1. The van der Waals surface area contributed by atoms with Crippen LogP contribution in [0, 0.1) is 6.92 Å². The second-order valence-electron chi connectivity index (χ2n) is 6.58. The zero-order chi connectivity index (χ0) is 16.6. The molecule has 1 saturated heterocycles. The van der Waals surface area contributed by atoms with Gasteiger partial charge in [0.1, 0.15) is 11.3 Å². The molecule has 1 aromatic rings. The van der Waals surface area contributed by atoms with E-state index in [9.17, 15) is 14.7 Å². The Morgan fingerprint density at radius 1 is 1.39 bits per heavy atom. The van der Waals surface area contributed by atoms with Crippen molar-refractivity contribution in [2.75, 3.05) is 19.7 Å². The van der Waals surface area contributed by atoms with Crippen LogP contribution in [0.2, 0.25) is 0 Å². The van der Waals surface area contributed by atoms with E-state index in [2.05, 4.69) is 0 Å². The van der Waals surface area contributed by atoms with Gasteiger partial charge in [0, 0.05) is 19.0 Å². The number of ether oxygens (including phenoxy) is 1. The first-order valence-electron chi connectivity index (χ1n) is 8.19. The zero-order valence-electron chi connectivity index (χ0n) is 13.6. The summed E-state index contributed by atoms with van der Waals surface area (Å²) in [5.74, 6) is 0.664. The summed E-state index contributed by atoms with van der Waals surface area (Å²) in [5, 5.41) is 9.28. The summed E-state index contributed by atoms with van der Waals surface area (Å²) < 4.78 is 10.9. The van der Waals surface area contributed by atoms with Crippen molar-refractivity contribution in [3.63, 3.8) is 0 Å². The molecule has 2 atom stereocenters. The number of aliphatic hydroxyl groups is 1. The van der Waals surface area contributed by atoms with Gasteiger partial charge in [-0.3, -0.25) is 4.79 Å². The van der Waals surface area contributed by atoms with Crippen LogP contribution in [0.1, 0.15) is 53.8 Å². The molecule has 0 radical (unpaired) electrons. The summed E-state index contributed by atoms with van der Waals surface area (Å²) in [6, 6.07) is 1.83. The van der Waals surface area contributed by atoms with Gasteiger partial charge in [-0.2, -0.15) is 0 Å². The molecule has 1 amide bonds. The van der Waals surface area contributed by atoms with Gasteiger partial charge < -0.3 is 19.2 Å². The molecule has 0 bridgehead atoms. The molecule has 1 saturated carbocycles. The third-order valence-electron chi connectivity index (χ3n) is 4.71. The Kier molecular flexibility index (Phi) is 4.55. The zero-order valence-corrected chi connectivity index (χ0v) is 13.6. The fraction of sp³-hybridized carbons (Fsp3) is 0.647. The molecule has 3 rings (SSSR count). The first-order chi connectivity index (χ1) is 11.0. The Labute approximate surface area is 135 Å². The maximum Gasteiger partial charge on any atom is 0.349 e. The van der Waals surface area contributed by atoms with Crippen molar-refractivity contribution in [3.05, 3.63) is 33.4 Å². The average molecular weight is 321 g/mol. The van der Waals surface area contributed by atoms with Crippen LogP contribution in [0.3, 0.4) is 0 Å². The van der Waals surface area contributed by atoms with E-state index in [1.807, 2.05) is 13.0 Å². The molecule has 0 unspecified atom stereocenters. The van der Waals surface area contributed by atoms with E-state index in [0.29, 0.717) is 23.8 Å². The van der Waals surface area contributed by atoms with Crippen molar-refractivity contribution >= 4 is 5.91 Å². The minimum absolute atomic E-state index is 0.0962. The lowest BCUT2D eigenvalue weighted by Crippen LogP contribution is -2.51. The lowest BCUT2D eigenvalue weighted by molar-refractivity contribution is -0.0859. The summed E-state index contributed by atoms with van der Waals surface area (Å²) in [6.45, 7) is 4.15. The molecule has 6 heteroatoms. The fourth-order valence-corrected chi connectivity index (χ4v) is 3.25. The van der Waals surface area contributed by atoms with Gasteiger partial charge in [0.2, 0.25) is 0 Å². The largest absolute Gasteiger partial charge is 0.427 e. The van der Waals surface area contributed by atoms with Crippen LogP contribution < -0.4 is 5.63 Å². The number of morpholine rings is 1. The Morgan fingerprint density at radius 2 is 2.13 bits per heavy atom. The summed E-state index contributed by atoms with van der Waals surface area (Å²) in [6.07, 6.45) is 2.64. The Balaban J connectivity index is 1.85. The molecule has 1 N–H and O–H groups in total. The molecular weight excluding hydrogens is 298 g/mol. The lowest BCUT2D eigenvalue weighted by Gasteiger charge is -2.36. The van der Waals surface area contributed by atoms with E-state index < -0.39 is 11.7 Å². The van der Waals surface area contributed by atoms with Crippen molar-refractivity contribution in [2.24, 2.45) is 0 Å². The van der Waals surface area contributed by atoms with Crippen molar-refractivity contribution < 1.29 is 19.1 Å². The molecule has 1 aliphatic heterocycles. The van der Waals surface area contributed by atoms with Gasteiger partial charge in [0.15, 0.2) is 0 Å². The van der Waals surface area contributed by atoms with Gasteiger partial charge in [-0.1, -0.05) is 6.42 Å². The topological polar surface area (TPSA) is 80.0 Å². The number of rotatable bonds is 3. The van der Waals surface area contributed by atoms with Gasteiger partial charge in [-0.05, 0) is 38.3 Å². The van der Waals surface area contributed by atoms with E-state index in [1.54, 1.807) is 11.8 Å². The van der Waals surface area contributed by atoms with Crippen LogP contribution in [0.5, 0.6) is 0 Å². The van der Waals surface area contributed by atoms with E-state index >= 15 is 0 Å². The minimum Gasteiger partial charge on any atom is -0.427 e. The van der Waals surface area contributed by atoms with Crippen molar-refractivity contribution in [2.45, 2.75) is 51.2 Å². The molecule has 1 aromatic heterocycles. The molecular formula is C17H23NO5. The van der Waals surface area contributed by atoms with Gasteiger partial charge in [0.25, 0.3) is 5.91 Å². The van der Waals surface area contributed by atoms with Crippen LogP contribution in [0.15, 0.2) is 15.3 Å². The number of hydrogen-bond donors (Lipinski definition) is 1. The van der Waals surface area contributed by atoms with Gasteiger partial charge in [0.05, 0.1) is 18.8 Å². The molecule has 23 heavy (non-hydrogen) atoms. The molecule has 0 aromatic carbocycles. The number of hydrogen-bond acceptors (Lipinski definition) is 5. The molecule has 126 valence electrons. The van der Waals surface area contributed by atoms with E-state index in [0.717, 1.165) is 19.3 Å². The highest BCUT2D eigenvalue weighted by Gasteiger charge is 2.32. The summed E-state index contributed by atoms with van der Waals surface area (Å²) in [5.41, 5.74) is 0.198. The maximum atomic E-state index is 12.7. The third-order valence-corrected chi connectivity index (χ3v) is 4.71. The predicted octanol–water partition coefficient (Wildman–Crippen LogP) is 1.44. The normalized spacial score (nSPS) is 25.3. The monoisotopic (exact) mass is 321 g/mol. The first kappa shape index (κ1) is 16.2. The van der Waals surface area contributed by atoms with Crippen LogP contribution in [-0.4, -0.2) is 47.8 Å². The fourth-order valence-electron chi connectivity index (χ4n) is 3.25. The summed E-state index contributed by atoms with van der Waals surface area (Å²) in [7, 11) is 0. The average Bonchev–Trinajstić information content (AvgIpc) is 2.43. The molecule has 0 spiro atoms. The molecule has 1 aliphatic carbocycles. The first-order valence-corrected chi connectivity index (χ1v) is 8.19. The smallest absolute Gasteiger partial charge is 0.349 e. The van der Waals surface area contributed by atoms with Crippen molar-refractivity contribution in [1.82, 2.24) is 4.90 Å². The van der Waals surface area contributed by atoms with Crippen LogP contribution >= 0.6 is 0 Å². The number of carbonyl (C=O) groups excluding carboxylic acids is 1. The third kappa shape index (κ3) is 3.19. The maximum absolute atomic E-state index is 12.7. The Bertz CT molecular complexity index is 649. The summed E-state index contributed by atoms with van der Waals surface area (Å²) >= 11 is 0. The van der Waals surface area contributed by atoms with Crippen LogP contribution in [0.25, 0.3) is 0 Å². The summed E-state index contributed by atoms with van der Waals surface area (Å²) in [4.78, 5) is 26.6. The standard InChI is InChI=1S/C17H23NO5/c1-10-6-14(12-4-3-5-12)23-17(21)15(10)16(20)18-7-11(2)22-13(8-18)9-19/h6,11-13,19H,3-5,7-9H2,1-2H3/t11-,13-/m0/s1. The van der Waals surface area contributed by atoms with Crippen molar-refractivity contribution in [3.8, 4) is 0 Å². The van der Waals surface area contributed by atoms with Gasteiger partial charge in [-0.25, -0.2) is 4.79 Å². The quantitative estimate of drug-likeness (QED) is 0.911. The second kappa shape index (κ2) is 6.45. The SMILES string of the molecule is Cc1cc(C2CCC2)oc(=O)c1C(=O)N1C[C@@H](CO)O[C@@H](C)C1. The Morgan fingerprint density at radius 3 is 2.70 bits per heavy atom. The van der Waals surface area contributed by atoms with E-state index in [4.69, 9.17) is 9.15 Å². The van der Waals surface area contributed by atoms with Gasteiger partial charge >= 0.3 is 5.63 Å². The molecule has 2 fully saturated rings. The van der Waals surface area contributed by atoms with Gasteiger partial charge in [-0.15, -0.1) is 0 Å². The number of aryl methyl sites for hydroxylation is 1. The van der Waals surface area contributed by atoms with Crippen molar-refractivity contribution in [1.29, 1.82) is 0 Å².